The van der Waals surface area contributed by atoms with Crippen molar-refractivity contribution in [3.05, 3.63) is 0 Å². The summed E-state index contributed by atoms with van der Waals surface area (Å²) in [4.78, 5) is 0. The SMILES string of the molecule is C1CC2CCC3OCCC3CC2C1. The third kappa shape index (κ3) is 1.41. The van der Waals surface area contributed by atoms with Crippen molar-refractivity contribution in [2.75, 3.05) is 6.61 Å². The van der Waals surface area contributed by atoms with Crippen LogP contribution in [-0.2, 0) is 4.74 Å². The lowest BCUT2D eigenvalue weighted by Crippen LogP contribution is -2.15. The standard InChI is InChI=1S/C12H20O/c1-2-9-4-5-12-11(6-7-13-12)8-10(9)3-1/h9-12H,1-8H2. The van der Waals surface area contributed by atoms with Gasteiger partial charge in [-0.2, -0.15) is 0 Å². The van der Waals surface area contributed by atoms with Crippen LogP contribution < -0.4 is 0 Å². The summed E-state index contributed by atoms with van der Waals surface area (Å²) in [5.41, 5.74) is 0. The normalized spacial score (nSPS) is 49.8. The van der Waals surface area contributed by atoms with Crippen LogP contribution in [0.4, 0.5) is 0 Å². The average molecular weight is 180 g/mol. The maximum atomic E-state index is 5.80. The molecule has 0 amide bonds. The Balaban J connectivity index is 1.73. The summed E-state index contributed by atoms with van der Waals surface area (Å²) in [5, 5.41) is 0. The van der Waals surface area contributed by atoms with Crippen LogP contribution in [0, 0.1) is 17.8 Å². The molecule has 4 unspecified atom stereocenters. The summed E-state index contributed by atoms with van der Waals surface area (Å²) in [7, 11) is 0. The predicted octanol–water partition coefficient (Wildman–Crippen LogP) is 2.99. The topological polar surface area (TPSA) is 9.23 Å². The van der Waals surface area contributed by atoms with E-state index in [1.807, 2.05) is 0 Å². The molecule has 0 radical (unpaired) electrons. The molecule has 0 N–H and O–H groups in total. The number of hydrogen-bond donors (Lipinski definition) is 0. The Kier molecular flexibility index (Phi) is 2.08. The lowest BCUT2D eigenvalue weighted by Gasteiger charge is -2.18. The molecule has 74 valence electrons. The first-order valence-corrected chi connectivity index (χ1v) is 6.05. The Morgan fingerprint density at radius 2 is 1.69 bits per heavy atom. The molecule has 2 aliphatic carbocycles. The van der Waals surface area contributed by atoms with Crippen molar-refractivity contribution in [1.82, 2.24) is 0 Å². The van der Waals surface area contributed by atoms with E-state index in [2.05, 4.69) is 0 Å². The lowest BCUT2D eigenvalue weighted by atomic mass is 9.87. The smallest absolute Gasteiger partial charge is 0.0604 e. The second kappa shape index (κ2) is 3.27. The molecule has 0 bridgehead atoms. The van der Waals surface area contributed by atoms with Gasteiger partial charge in [0, 0.05) is 6.61 Å². The molecule has 1 heterocycles. The first-order chi connectivity index (χ1) is 6.43. The molecule has 1 aliphatic heterocycles. The van der Waals surface area contributed by atoms with Crippen LogP contribution in [0.15, 0.2) is 0 Å². The minimum absolute atomic E-state index is 0.658. The Morgan fingerprint density at radius 3 is 2.69 bits per heavy atom. The van der Waals surface area contributed by atoms with Gasteiger partial charge in [0.1, 0.15) is 0 Å². The highest BCUT2D eigenvalue weighted by molar-refractivity contribution is 4.88. The summed E-state index contributed by atoms with van der Waals surface area (Å²) in [6.07, 6.45) is 10.9. The second-order valence-electron chi connectivity index (χ2n) is 5.22. The second-order valence-corrected chi connectivity index (χ2v) is 5.22. The predicted molar refractivity (Wildman–Crippen MR) is 52.5 cm³/mol. The van der Waals surface area contributed by atoms with Crippen LogP contribution in [0.25, 0.3) is 0 Å². The van der Waals surface area contributed by atoms with E-state index in [1.165, 1.54) is 44.9 Å². The van der Waals surface area contributed by atoms with Crippen LogP contribution in [0.1, 0.15) is 44.9 Å². The van der Waals surface area contributed by atoms with Crippen LogP contribution >= 0.6 is 0 Å². The van der Waals surface area contributed by atoms with E-state index in [0.29, 0.717) is 6.10 Å². The van der Waals surface area contributed by atoms with Crippen LogP contribution in [0.2, 0.25) is 0 Å². The van der Waals surface area contributed by atoms with Gasteiger partial charge in [-0.15, -0.1) is 0 Å². The van der Waals surface area contributed by atoms with Crippen molar-refractivity contribution in [2.24, 2.45) is 17.8 Å². The highest BCUT2D eigenvalue weighted by Crippen LogP contribution is 2.45. The third-order valence-corrected chi connectivity index (χ3v) is 4.59. The summed E-state index contributed by atoms with van der Waals surface area (Å²) < 4.78 is 5.80. The molecule has 3 fully saturated rings. The minimum Gasteiger partial charge on any atom is -0.378 e. The largest absolute Gasteiger partial charge is 0.378 e. The number of rotatable bonds is 0. The Morgan fingerprint density at radius 1 is 0.769 bits per heavy atom. The minimum atomic E-state index is 0.658. The van der Waals surface area contributed by atoms with Crippen molar-refractivity contribution in [3.8, 4) is 0 Å². The van der Waals surface area contributed by atoms with E-state index in [0.717, 1.165) is 24.4 Å². The van der Waals surface area contributed by atoms with Gasteiger partial charge in [-0.05, 0) is 43.4 Å². The maximum Gasteiger partial charge on any atom is 0.0604 e. The quantitative estimate of drug-likeness (QED) is 0.557. The fraction of sp³-hybridized carbons (Fsp3) is 1.00. The van der Waals surface area contributed by atoms with Crippen molar-refractivity contribution in [2.45, 2.75) is 51.0 Å². The summed E-state index contributed by atoms with van der Waals surface area (Å²) in [6.45, 7) is 1.05. The van der Waals surface area contributed by atoms with Gasteiger partial charge in [0.25, 0.3) is 0 Å². The molecule has 3 rings (SSSR count). The monoisotopic (exact) mass is 180 g/mol. The van der Waals surface area contributed by atoms with Crippen LogP contribution in [0.5, 0.6) is 0 Å². The Labute approximate surface area is 80.8 Å². The molecule has 0 aromatic carbocycles. The van der Waals surface area contributed by atoms with Gasteiger partial charge in [0.05, 0.1) is 6.10 Å². The average Bonchev–Trinajstić information content (AvgIpc) is 2.72. The summed E-state index contributed by atoms with van der Waals surface area (Å²) in [5.74, 6) is 3.10. The molecule has 13 heavy (non-hydrogen) atoms. The van der Waals surface area contributed by atoms with E-state index in [-0.39, 0.29) is 0 Å². The Bertz CT molecular complexity index is 170. The van der Waals surface area contributed by atoms with Gasteiger partial charge in [-0.1, -0.05) is 19.3 Å². The summed E-state index contributed by atoms with van der Waals surface area (Å²) >= 11 is 0. The van der Waals surface area contributed by atoms with Crippen molar-refractivity contribution in [1.29, 1.82) is 0 Å². The van der Waals surface area contributed by atoms with Crippen LogP contribution in [-0.4, -0.2) is 12.7 Å². The zero-order chi connectivity index (χ0) is 8.67. The molecule has 4 atom stereocenters. The number of fused-ring (bicyclic) bond motifs is 2. The highest BCUT2D eigenvalue weighted by atomic mass is 16.5. The molecular formula is C12H20O. The molecule has 0 aromatic heterocycles. The molecule has 1 heteroatoms. The van der Waals surface area contributed by atoms with Gasteiger partial charge in [0.15, 0.2) is 0 Å². The first-order valence-electron chi connectivity index (χ1n) is 6.05. The molecule has 3 aliphatic rings. The molecule has 0 aromatic rings. The fourth-order valence-electron chi connectivity index (χ4n) is 3.85. The highest BCUT2D eigenvalue weighted by Gasteiger charge is 2.38. The van der Waals surface area contributed by atoms with Crippen LogP contribution in [0.3, 0.4) is 0 Å². The van der Waals surface area contributed by atoms with E-state index in [9.17, 15) is 0 Å². The van der Waals surface area contributed by atoms with E-state index < -0.39 is 0 Å². The molecule has 2 saturated carbocycles. The van der Waals surface area contributed by atoms with E-state index >= 15 is 0 Å². The van der Waals surface area contributed by atoms with Crippen molar-refractivity contribution >= 4 is 0 Å². The lowest BCUT2D eigenvalue weighted by molar-refractivity contribution is 0.0832. The van der Waals surface area contributed by atoms with Crippen molar-refractivity contribution < 1.29 is 4.74 Å². The maximum absolute atomic E-state index is 5.80. The number of hydrogen-bond acceptors (Lipinski definition) is 1. The molecule has 0 spiro atoms. The van der Waals surface area contributed by atoms with E-state index in [1.54, 1.807) is 0 Å². The molecular weight excluding hydrogens is 160 g/mol. The number of ether oxygens (including phenoxy) is 1. The zero-order valence-corrected chi connectivity index (χ0v) is 8.37. The zero-order valence-electron chi connectivity index (χ0n) is 8.37. The van der Waals surface area contributed by atoms with Gasteiger partial charge < -0.3 is 4.74 Å². The third-order valence-electron chi connectivity index (χ3n) is 4.59. The fourth-order valence-corrected chi connectivity index (χ4v) is 3.85. The summed E-state index contributed by atoms with van der Waals surface area (Å²) in [6, 6.07) is 0. The molecule has 1 nitrogen and oxygen atoms in total. The van der Waals surface area contributed by atoms with Crippen molar-refractivity contribution in [3.63, 3.8) is 0 Å². The molecule has 1 saturated heterocycles. The van der Waals surface area contributed by atoms with Gasteiger partial charge in [0.2, 0.25) is 0 Å². The first kappa shape index (κ1) is 8.28. The van der Waals surface area contributed by atoms with Gasteiger partial charge in [-0.3, -0.25) is 0 Å². The van der Waals surface area contributed by atoms with Gasteiger partial charge >= 0.3 is 0 Å². The Hall–Kier alpha value is -0.0400. The van der Waals surface area contributed by atoms with E-state index in [4.69, 9.17) is 4.74 Å². The van der Waals surface area contributed by atoms with Gasteiger partial charge in [-0.25, -0.2) is 0 Å².